The second-order valence-electron chi connectivity index (χ2n) is 6.02. The molecular weight excluding hydrogens is 336 g/mol. The zero-order valence-corrected chi connectivity index (χ0v) is 14.1. The number of ether oxygens (including phenoxy) is 1. The van der Waals surface area contributed by atoms with Crippen LogP contribution < -0.4 is 21.1 Å². The van der Waals surface area contributed by atoms with Crippen LogP contribution in [-0.4, -0.2) is 30.0 Å². The Morgan fingerprint density at radius 3 is 2.58 bits per heavy atom. The Balaban J connectivity index is 1.70. The van der Waals surface area contributed by atoms with Gasteiger partial charge in [0.05, 0.1) is 4.92 Å². The third kappa shape index (κ3) is 4.48. The molecule has 1 aliphatic carbocycles. The van der Waals surface area contributed by atoms with Crippen molar-refractivity contribution in [1.82, 2.24) is 0 Å². The molecule has 2 aromatic rings. The average molecular weight is 356 g/mol. The van der Waals surface area contributed by atoms with Crippen molar-refractivity contribution in [1.29, 1.82) is 0 Å². The van der Waals surface area contributed by atoms with Crippen molar-refractivity contribution >= 4 is 23.0 Å². The summed E-state index contributed by atoms with van der Waals surface area (Å²) in [4.78, 5) is 23.2. The number of hydrogen-bond acceptors (Lipinski definition) is 6. The van der Waals surface area contributed by atoms with Gasteiger partial charge in [-0.1, -0.05) is 0 Å². The van der Waals surface area contributed by atoms with Crippen molar-refractivity contribution in [3.63, 3.8) is 0 Å². The van der Waals surface area contributed by atoms with E-state index in [4.69, 9.17) is 10.5 Å². The highest BCUT2D eigenvalue weighted by Gasteiger charge is 2.25. The van der Waals surface area contributed by atoms with E-state index in [0.717, 1.165) is 12.8 Å². The molecule has 4 N–H and O–H groups in total. The average Bonchev–Trinajstić information content (AvgIpc) is 3.45. The lowest BCUT2D eigenvalue weighted by Gasteiger charge is -2.09. The predicted octanol–water partition coefficient (Wildman–Crippen LogP) is 2.76. The lowest BCUT2D eigenvalue weighted by molar-refractivity contribution is -0.384. The molecule has 0 saturated heterocycles. The van der Waals surface area contributed by atoms with Gasteiger partial charge in [0.2, 0.25) is 0 Å². The minimum atomic E-state index is -0.481. The Morgan fingerprint density at radius 1 is 1.23 bits per heavy atom. The highest BCUT2D eigenvalue weighted by Crippen LogP contribution is 2.31. The van der Waals surface area contributed by atoms with Gasteiger partial charge in [-0.15, -0.1) is 0 Å². The van der Waals surface area contributed by atoms with E-state index in [1.54, 1.807) is 36.4 Å². The molecule has 0 aromatic heterocycles. The number of rotatable bonds is 8. The van der Waals surface area contributed by atoms with Gasteiger partial charge in [0, 0.05) is 29.9 Å². The van der Waals surface area contributed by atoms with Crippen molar-refractivity contribution < 1.29 is 14.5 Å². The van der Waals surface area contributed by atoms with Crippen molar-refractivity contribution in [3.05, 3.63) is 58.1 Å². The summed E-state index contributed by atoms with van der Waals surface area (Å²) < 4.78 is 5.37. The number of amides is 1. The van der Waals surface area contributed by atoms with Gasteiger partial charge in [-0.05, 0) is 49.2 Å². The van der Waals surface area contributed by atoms with Gasteiger partial charge in [-0.3, -0.25) is 14.9 Å². The number of carbonyl (C=O) groups is 1. The first kappa shape index (κ1) is 17.7. The maximum atomic E-state index is 12.4. The van der Waals surface area contributed by atoms with Crippen LogP contribution in [0.3, 0.4) is 0 Å². The first-order valence-corrected chi connectivity index (χ1v) is 8.36. The molecule has 8 heteroatoms. The molecule has 0 atom stereocenters. The summed E-state index contributed by atoms with van der Waals surface area (Å²) in [7, 11) is 0. The van der Waals surface area contributed by atoms with Crippen molar-refractivity contribution in [3.8, 4) is 5.75 Å². The van der Waals surface area contributed by atoms with Crippen molar-refractivity contribution in [2.75, 3.05) is 23.8 Å². The summed E-state index contributed by atoms with van der Waals surface area (Å²) >= 11 is 0. The van der Waals surface area contributed by atoms with Crippen LogP contribution in [0.4, 0.5) is 17.1 Å². The second-order valence-corrected chi connectivity index (χ2v) is 6.02. The topological polar surface area (TPSA) is 120 Å². The van der Waals surface area contributed by atoms with Crippen LogP contribution in [0.5, 0.6) is 5.75 Å². The fourth-order valence-electron chi connectivity index (χ4n) is 2.41. The van der Waals surface area contributed by atoms with Crippen LogP contribution in [-0.2, 0) is 0 Å². The van der Waals surface area contributed by atoms with E-state index >= 15 is 0 Å². The summed E-state index contributed by atoms with van der Waals surface area (Å²) in [5, 5.41) is 17.1. The van der Waals surface area contributed by atoms with Crippen molar-refractivity contribution in [2.24, 2.45) is 5.73 Å². The summed E-state index contributed by atoms with van der Waals surface area (Å²) in [5.41, 5.74) is 6.51. The summed E-state index contributed by atoms with van der Waals surface area (Å²) in [6.45, 7) is 0.833. The number of nitrogens with one attached hydrogen (secondary N) is 2. The number of nitrogens with two attached hydrogens (primary N) is 1. The first-order chi connectivity index (χ1) is 12.6. The van der Waals surface area contributed by atoms with Crippen molar-refractivity contribution in [2.45, 2.75) is 18.9 Å². The van der Waals surface area contributed by atoms with Crippen LogP contribution >= 0.6 is 0 Å². The second kappa shape index (κ2) is 7.83. The maximum absolute atomic E-state index is 12.4. The van der Waals surface area contributed by atoms with E-state index in [9.17, 15) is 14.9 Å². The minimum absolute atomic E-state index is 0.102. The van der Waals surface area contributed by atoms with E-state index in [2.05, 4.69) is 10.6 Å². The molecule has 0 spiro atoms. The minimum Gasteiger partial charge on any atom is -0.492 e. The Morgan fingerprint density at radius 2 is 1.96 bits per heavy atom. The SMILES string of the molecule is NCCOc1ccc(NC(=O)c2ccc(NC3CC3)c([N+](=O)[O-])c2)cc1. The van der Waals surface area contributed by atoms with Crippen LogP contribution in [0.25, 0.3) is 0 Å². The van der Waals surface area contributed by atoms with E-state index in [0.29, 0.717) is 30.3 Å². The molecule has 0 heterocycles. The molecule has 0 bridgehead atoms. The van der Waals surface area contributed by atoms with E-state index < -0.39 is 10.8 Å². The monoisotopic (exact) mass is 356 g/mol. The number of nitrogens with zero attached hydrogens (tertiary/aromatic N) is 1. The van der Waals surface area contributed by atoms with Gasteiger partial charge in [0.15, 0.2) is 0 Å². The highest BCUT2D eigenvalue weighted by atomic mass is 16.6. The molecule has 136 valence electrons. The van der Waals surface area contributed by atoms with Crippen LogP contribution in [0, 0.1) is 10.1 Å². The number of nitro groups is 1. The summed E-state index contributed by atoms with van der Waals surface area (Å²) in [5.74, 6) is 0.237. The number of nitro benzene ring substituents is 1. The molecule has 1 amide bonds. The molecule has 2 aromatic carbocycles. The molecule has 3 rings (SSSR count). The number of carbonyl (C=O) groups excluding carboxylic acids is 1. The zero-order chi connectivity index (χ0) is 18.5. The molecule has 0 unspecified atom stereocenters. The fourth-order valence-corrected chi connectivity index (χ4v) is 2.41. The number of hydrogen-bond donors (Lipinski definition) is 3. The predicted molar refractivity (Wildman–Crippen MR) is 98.7 cm³/mol. The molecule has 0 aliphatic heterocycles. The standard InChI is InChI=1S/C18H20N4O4/c19-9-10-26-15-6-4-14(5-7-15)21-18(23)12-1-8-16(20-13-2-3-13)17(11-12)22(24)25/h1,4-8,11,13,20H,2-3,9-10,19H2,(H,21,23). The highest BCUT2D eigenvalue weighted by molar-refractivity contribution is 6.05. The fraction of sp³-hybridized carbons (Fsp3) is 0.278. The summed E-state index contributed by atoms with van der Waals surface area (Å²) in [6, 6.07) is 11.6. The lowest BCUT2D eigenvalue weighted by Crippen LogP contribution is -2.13. The smallest absolute Gasteiger partial charge is 0.293 e. The van der Waals surface area contributed by atoms with Gasteiger partial charge in [-0.25, -0.2) is 0 Å². The molecule has 0 radical (unpaired) electrons. The Bertz CT molecular complexity index is 803. The van der Waals surface area contributed by atoms with E-state index in [1.165, 1.54) is 6.07 Å². The van der Waals surface area contributed by atoms with Gasteiger partial charge in [0.1, 0.15) is 18.0 Å². The Labute approximate surface area is 150 Å². The molecule has 1 saturated carbocycles. The Hall–Kier alpha value is -3.13. The first-order valence-electron chi connectivity index (χ1n) is 8.36. The van der Waals surface area contributed by atoms with Crippen LogP contribution in [0.1, 0.15) is 23.2 Å². The largest absolute Gasteiger partial charge is 0.492 e. The third-order valence-electron chi connectivity index (χ3n) is 3.89. The molecule has 1 aliphatic rings. The lowest BCUT2D eigenvalue weighted by atomic mass is 10.1. The van der Waals surface area contributed by atoms with Crippen LogP contribution in [0.15, 0.2) is 42.5 Å². The molecule has 26 heavy (non-hydrogen) atoms. The third-order valence-corrected chi connectivity index (χ3v) is 3.89. The molecule has 8 nitrogen and oxygen atoms in total. The summed E-state index contributed by atoms with van der Waals surface area (Å²) in [6.07, 6.45) is 2.01. The van der Waals surface area contributed by atoms with E-state index in [1.807, 2.05) is 0 Å². The number of benzene rings is 2. The quantitative estimate of drug-likeness (QED) is 0.494. The molecule has 1 fully saturated rings. The normalized spacial score (nSPS) is 13.1. The van der Waals surface area contributed by atoms with Gasteiger partial charge in [0.25, 0.3) is 11.6 Å². The van der Waals surface area contributed by atoms with E-state index in [-0.39, 0.29) is 17.3 Å². The Kier molecular flexibility index (Phi) is 5.33. The van der Waals surface area contributed by atoms with Crippen LogP contribution in [0.2, 0.25) is 0 Å². The van der Waals surface area contributed by atoms with Gasteiger partial charge in [-0.2, -0.15) is 0 Å². The zero-order valence-electron chi connectivity index (χ0n) is 14.1. The maximum Gasteiger partial charge on any atom is 0.293 e. The molecular formula is C18H20N4O4. The number of anilines is 2. The van der Waals surface area contributed by atoms with Gasteiger partial charge < -0.3 is 21.1 Å². The van der Waals surface area contributed by atoms with Gasteiger partial charge >= 0.3 is 0 Å².